The average Bonchev–Trinajstić information content (AvgIpc) is 2.55. The van der Waals surface area contributed by atoms with Crippen molar-refractivity contribution < 1.29 is 0 Å². The van der Waals surface area contributed by atoms with Crippen molar-refractivity contribution in [1.29, 1.82) is 0 Å². The van der Waals surface area contributed by atoms with Crippen molar-refractivity contribution in [2.45, 2.75) is 10.4 Å². The molecule has 0 saturated heterocycles. The number of hydrogen-bond donors (Lipinski definition) is 0. The predicted octanol–water partition coefficient (Wildman–Crippen LogP) is 4.36. The van der Waals surface area contributed by atoms with Crippen molar-refractivity contribution in [3.8, 4) is 0 Å². The molecule has 0 unspecified atom stereocenters. The number of benzene rings is 2. The molecular formula is C17H14N2S. The van der Waals surface area contributed by atoms with Gasteiger partial charge in [-0.1, -0.05) is 72.4 Å². The highest BCUT2D eigenvalue weighted by molar-refractivity contribution is 7.99. The third-order valence-electron chi connectivity index (χ3n) is 2.97. The van der Waals surface area contributed by atoms with Crippen LogP contribution < -0.4 is 0 Å². The molecule has 2 nitrogen and oxygen atoms in total. The summed E-state index contributed by atoms with van der Waals surface area (Å²) in [5, 5.41) is 1.00. The van der Waals surface area contributed by atoms with Crippen LogP contribution in [0.25, 0.3) is 0 Å². The van der Waals surface area contributed by atoms with Crippen molar-refractivity contribution in [3.05, 3.63) is 90.3 Å². The van der Waals surface area contributed by atoms with Crippen LogP contribution in [0.15, 0.2) is 84.3 Å². The molecule has 98 valence electrons. The van der Waals surface area contributed by atoms with Crippen LogP contribution in [-0.2, 0) is 0 Å². The Balaban J connectivity index is 1.96. The van der Waals surface area contributed by atoms with Crippen molar-refractivity contribution in [2.24, 2.45) is 0 Å². The molecule has 0 spiro atoms. The molecule has 0 amide bonds. The van der Waals surface area contributed by atoms with E-state index in [2.05, 4.69) is 58.5 Å². The topological polar surface area (TPSA) is 25.8 Å². The fraction of sp³-hybridized carbons (Fsp3) is 0.0588. The lowest BCUT2D eigenvalue weighted by Gasteiger charge is -2.16. The quantitative estimate of drug-likeness (QED) is 0.524. The van der Waals surface area contributed by atoms with Crippen molar-refractivity contribution >= 4 is 11.8 Å². The van der Waals surface area contributed by atoms with Gasteiger partial charge in [-0.15, -0.1) is 0 Å². The van der Waals surface area contributed by atoms with E-state index in [0.29, 0.717) is 0 Å². The lowest BCUT2D eigenvalue weighted by atomic mass is 10.0. The van der Waals surface area contributed by atoms with Gasteiger partial charge in [0.25, 0.3) is 0 Å². The third kappa shape index (κ3) is 3.06. The molecule has 1 aromatic heterocycles. The van der Waals surface area contributed by atoms with E-state index in [1.54, 1.807) is 24.2 Å². The molecule has 1 heterocycles. The lowest BCUT2D eigenvalue weighted by molar-refractivity contribution is 0.958. The maximum absolute atomic E-state index is 4.32. The third-order valence-corrected chi connectivity index (χ3v) is 4.17. The molecule has 3 rings (SSSR count). The molecular weight excluding hydrogens is 264 g/mol. The number of rotatable bonds is 4. The van der Waals surface area contributed by atoms with E-state index in [1.807, 2.05) is 18.2 Å². The minimum atomic E-state index is 0.208. The zero-order valence-electron chi connectivity index (χ0n) is 10.9. The van der Waals surface area contributed by atoms with Gasteiger partial charge in [0.15, 0.2) is 5.16 Å². The second kappa shape index (κ2) is 6.35. The number of hydrogen-bond acceptors (Lipinski definition) is 3. The van der Waals surface area contributed by atoms with Crippen molar-refractivity contribution in [2.75, 3.05) is 0 Å². The number of thioether (sulfide) groups is 1. The summed E-state index contributed by atoms with van der Waals surface area (Å²) in [5.41, 5.74) is 2.52. The molecule has 0 radical (unpaired) electrons. The summed E-state index contributed by atoms with van der Waals surface area (Å²) in [6.07, 6.45) is 3.56. The van der Waals surface area contributed by atoms with Gasteiger partial charge < -0.3 is 0 Å². The van der Waals surface area contributed by atoms with Crippen LogP contribution in [0.5, 0.6) is 0 Å². The van der Waals surface area contributed by atoms with E-state index in [0.717, 1.165) is 5.16 Å². The summed E-state index contributed by atoms with van der Waals surface area (Å²) in [5.74, 6) is 0. The Labute approximate surface area is 122 Å². The minimum absolute atomic E-state index is 0.208. The molecule has 0 aliphatic rings. The van der Waals surface area contributed by atoms with E-state index in [-0.39, 0.29) is 5.25 Å². The van der Waals surface area contributed by atoms with Gasteiger partial charge in [0.05, 0.1) is 5.25 Å². The Morgan fingerprint density at radius 2 is 1.15 bits per heavy atom. The largest absolute Gasteiger partial charge is 0.231 e. The molecule has 3 heteroatoms. The normalized spacial score (nSPS) is 10.7. The zero-order chi connectivity index (χ0) is 13.6. The van der Waals surface area contributed by atoms with Gasteiger partial charge in [0, 0.05) is 12.4 Å². The van der Waals surface area contributed by atoms with Gasteiger partial charge in [-0.25, -0.2) is 9.97 Å². The first-order valence-corrected chi connectivity index (χ1v) is 7.35. The first-order chi connectivity index (χ1) is 9.93. The van der Waals surface area contributed by atoms with E-state index in [9.17, 15) is 0 Å². The second-order valence-corrected chi connectivity index (χ2v) is 5.42. The van der Waals surface area contributed by atoms with Crippen LogP contribution in [0.1, 0.15) is 16.4 Å². The SMILES string of the molecule is c1ccc(C(Sc2ncccn2)c2ccccc2)cc1. The molecule has 0 bridgehead atoms. The van der Waals surface area contributed by atoms with Crippen molar-refractivity contribution in [3.63, 3.8) is 0 Å². The fourth-order valence-electron chi connectivity index (χ4n) is 2.04. The van der Waals surface area contributed by atoms with Gasteiger partial charge >= 0.3 is 0 Å². The predicted molar refractivity (Wildman–Crippen MR) is 82.6 cm³/mol. The highest BCUT2D eigenvalue weighted by Gasteiger charge is 2.16. The van der Waals surface area contributed by atoms with Crippen LogP contribution in [0, 0.1) is 0 Å². The van der Waals surface area contributed by atoms with Crippen molar-refractivity contribution in [1.82, 2.24) is 9.97 Å². The molecule has 0 aliphatic heterocycles. The number of aromatic nitrogens is 2. The standard InChI is InChI=1S/C17H14N2S/c1-3-8-14(9-4-1)16(15-10-5-2-6-11-15)20-17-18-12-7-13-19-17/h1-13,16H. The van der Waals surface area contributed by atoms with Crippen LogP contribution in [0.4, 0.5) is 0 Å². The molecule has 3 aromatic rings. The summed E-state index contributed by atoms with van der Waals surface area (Å²) in [6, 6.07) is 22.8. The van der Waals surface area contributed by atoms with Crippen LogP contribution in [0.2, 0.25) is 0 Å². The Hall–Kier alpha value is -2.13. The molecule has 0 aliphatic carbocycles. The second-order valence-electron chi connectivity index (χ2n) is 4.35. The summed E-state index contributed by atoms with van der Waals surface area (Å²) in [4.78, 5) is 8.64. The molecule has 20 heavy (non-hydrogen) atoms. The van der Waals surface area contributed by atoms with Crippen LogP contribution >= 0.6 is 11.8 Å². The summed E-state index contributed by atoms with van der Waals surface area (Å²) in [6.45, 7) is 0. The minimum Gasteiger partial charge on any atom is -0.231 e. The van der Waals surface area contributed by atoms with E-state index in [1.165, 1.54) is 11.1 Å². The van der Waals surface area contributed by atoms with Gasteiger partial charge in [0.2, 0.25) is 0 Å². The maximum atomic E-state index is 4.32. The van der Waals surface area contributed by atoms with Gasteiger partial charge in [-0.05, 0) is 17.2 Å². The lowest BCUT2D eigenvalue weighted by Crippen LogP contribution is -1.98. The Morgan fingerprint density at radius 1 is 0.650 bits per heavy atom. The maximum Gasteiger partial charge on any atom is 0.188 e. The fourth-order valence-corrected chi connectivity index (χ4v) is 3.08. The molecule has 0 fully saturated rings. The first kappa shape index (κ1) is 12.9. The molecule has 0 atom stereocenters. The van der Waals surface area contributed by atoms with Gasteiger partial charge in [-0.2, -0.15) is 0 Å². The Bertz CT molecular complexity index is 602. The summed E-state index contributed by atoms with van der Waals surface area (Å²) in [7, 11) is 0. The van der Waals surface area contributed by atoms with E-state index < -0.39 is 0 Å². The highest BCUT2D eigenvalue weighted by atomic mass is 32.2. The monoisotopic (exact) mass is 278 g/mol. The first-order valence-electron chi connectivity index (χ1n) is 6.47. The Kier molecular flexibility index (Phi) is 4.09. The molecule has 0 saturated carbocycles. The molecule has 2 aromatic carbocycles. The number of nitrogens with zero attached hydrogens (tertiary/aromatic N) is 2. The highest BCUT2D eigenvalue weighted by Crippen LogP contribution is 2.38. The van der Waals surface area contributed by atoms with E-state index in [4.69, 9.17) is 0 Å². The van der Waals surface area contributed by atoms with Crippen LogP contribution in [-0.4, -0.2) is 9.97 Å². The zero-order valence-corrected chi connectivity index (χ0v) is 11.7. The Morgan fingerprint density at radius 3 is 1.65 bits per heavy atom. The smallest absolute Gasteiger partial charge is 0.188 e. The van der Waals surface area contributed by atoms with Crippen LogP contribution in [0.3, 0.4) is 0 Å². The molecule has 0 N–H and O–H groups in total. The van der Waals surface area contributed by atoms with Gasteiger partial charge in [0.1, 0.15) is 0 Å². The summed E-state index contributed by atoms with van der Waals surface area (Å²) >= 11 is 1.67. The van der Waals surface area contributed by atoms with E-state index >= 15 is 0 Å². The average molecular weight is 278 g/mol. The van der Waals surface area contributed by atoms with Gasteiger partial charge in [-0.3, -0.25) is 0 Å². The summed E-state index contributed by atoms with van der Waals surface area (Å²) < 4.78 is 0.